The number of sulfonamides is 1. The molecule has 1 aromatic carbocycles. The van der Waals surface area contributed by atoms with Crippen molar-refractivity contribution in [3.8, 4) is 12.3 Å². The Hall–Kier alpha value is -0.930. The minimum Gasteiger partial charge on any atom is -0.398 e. The number of nitrogens with two attached hydrogens (primary N) is 1. The second-order valence-electron chi connectivity index (χ2n) is 3.44. The first-order chi connectivity index (χ1) is 8.34. The van der Waals surface area contributed by atoms with Crippen LogP contribution in [-0.4, -0.2) is 25.8 Å². The number of hydrogen-bond donors (Lipinski definition) is 1. The molecule has 0 amide bonds. The van der Waals surface area contributed by atoms with Crippen LogP contribution < -0.4 is 5.73 Å². The van der Waals surface area contributed by atoms with Crippen LogP contribution in [0.15, 0.2) is 17.0 Å². The lowest BCUT2D eigenvalue weighted by molar-refractivity contribution is 0.464. The van der Waals surface area contributed by atoms with Gasteiger partial charge in [0.25, 0.3) is 0 Å². The smallest absolute Gasteiger partial charge is 0.247 e. The van der Waals surface area contributed by atoms with Gasteiger partial charge in [0.15, 0.2) is 0 Å². The molecular weight excluding hydrogens is 295 g/mol. The number of anilines is 1. The number of halogens is 2. The molecule has 0 saturated carbocycles. The number of benzene rings is 1. The Bertz CT molecular complexity index is 571. The largest absolute Gasteiger partial charge is 0.398 e. The van der Waals surface area contributed by atoms with Gasteiger partial charge in [-0.3, -0.25) is 0 Å². The SMILES string of the molecule is C#CCN(CC)S(=O)(=O)c1c(N)cc(Cl)cc1Cl. The Morgan fingerprint density at radius 2 is 2.06 bits per heavy atom. The van der Waals surface area contributed by atoms with Gasteiger partial charge in [0, 0.05) is 11.6 Å². The van der Waals surface area contributed by atoms with Gasteiger partial charge >= 0.3 is 0 Å². The van der Waals surface area contributed by atoms with Crippen LogP contribution in [0.5, 0.6) is 0 Å². The summed E-state index contributed by atoms with van der Waals surface area (Å²) in [5, 5.41) is 0.256. The summed E-state index contributed by atoms with van der Waals surface area (Å²) >= 11 is 11.6. The van der Waals surface area contributed by atoms with Gasteiger partial charge in [0.1, 0.15) is 4.90 Å². The lowest BCUT2D eigenvalue weighted by Crippen LogP contribution is -2.32. The lowest BCUT2D eigenvalue weighted by atomic mass is 10.3. The zero-order valence-electron chi connectivity index (χ0n) is 9.65. The fraction of sp³-hybridized carbons (Fsp3) is 0.273. The Labute approximate surface area is 117 Å². The summed E-state index contributed by atoms with van der Waals surface area (Å²) in [5.74, 6) is 2.28. The Morgan fingerprint density at radius 3 is 2.50 bits per heavy atom. The molecule has 0 radical (unpaired) electrons. The van der Waals surface area contributed by atoms with Gasteiger partial charge in [-0.2, -0.15) is 4.31 Å². The highest BCUT2D eigenvalue weighted by Crippen LogP contribution is 2.32. The molecule has 0 spiro atoms. The highest BCUT2D eigenvalue weighted by Gasteiger charge is 2.27. The van der Waals surface area contributed by atoms with Crippen molar-refractivity contribution in [2.45, 2.75) is 11.8 Å². The lowest BCUT2D eigenvalue weighted by Gasteiger charge is -2.19. The maximum atomic E-state index is 12.3. The zero-order chi connectivity index (χ0) is 13.9. The van der Waals surface area contributed by atoms with Crippen LogP contribution in [0.25, 0.3) is 0 Å². The first-order valence-electron chi connectivity index (χ1n) is 5.02. The molecule has 1 rings (SSSR count). The van der Waals surface area contributed by atoms with Crippen LogP contribution in [0, 0.1) is 12.3 Å². The molecule has 0 bridgehead atoms. The molecule has 0 aliphatic heterocycles. The topological polar surface area (TPSA) is 63.4 Å². The van der Waals surface area contributed by atoms with Crippen LogP contribution in [0.2, 0.25) is 10.0 Å². The standard InChI is InChI=1S/C11H12Cl2N2O2S/c1-3-5-15(4-2)18(16,17)11-9(13)6-8(12)7-10(11)14/h1,6-7H,4-5,14H2,2H3. The molecule has 0 aliphatic rings. The fourth-order valence-corrected chi connectivity index (χ4v) is 3.76. The van der Waals surface area contributed by atoms with E-state index in [4.69, 9.17) is 35.4 Å². The van der Waals surface area contributed by atoms with Gasteiger partial charge in [-0.25, -0.2) is 8.42 Å². The molecular formula is C11H12Cl2N2O2S. The van der Waals surface area contributed by atoms with E-state index < -0.39 is 10.0 Å². The fourth-order valence-electron chi connectivity index (χ4n) is 1.45. The number of terminal acetylenes is 1. The Balaban J connectivity index is 3.42. The molecule has 0 unspecified atom stereocenters. The molecule has 2 N–H and O–H groups in total. The normalized spacial score (nSPS) is 11.5. The second-order valence-corrected chi connectivity index (χ2v) is 6.16. The predicted molar refractivity (Wildman–Crippen MR) is 74.1 cm³/mol. The van der Waals surface area contributed by atoms with Gasteiger partial charge in [-0.05, 0) is 12.1 Å². The molecule has 7 heteroatoms. The van der Waals surface area contributed by atoms with E-state index in [1.165, 1.54) is 12.1 Å². The molecule has 4 nitrogen and oxygen atoms in total. The van der Waals surface area contributed by atoms with Crippen molar-refractivity contribution < 1.29 is 8.42 Å². The highest BCUT2D eigenvalue weighted by atomic mass is 35.5. The van der Waals surface area contributed by atoms with E-state index in [9.17, 15) is 8.42 Å². The maximum Gasteiger partial charge on any atom is 0.247 e. The van der Waals surface area contributed by atoms with Crippen molar-refractivity contribution in [3.05, 3.63) is 22.2 Å². The van der Waals surface area contributed by atoms with Crippen LogP contribution in [0.4, 0.5) is 5.69 Å². The summed E-state index contributed by atoms with van der Waals surface area (Å²) in [6.07, 6.45) is 5.14. The van der Waals surface area contributed by atoms with Gasteiger partial charge in [0.2, 0.25) is 10.0 Å². The van der Waals surface area contributed by atoms with E-state index in [0.29, 0.717) is 0 Å². The van der Waals surface area contributed by atoms with E-state index in [0.717, 1.165) is 4.31 Å². The zero-order valence-corrected chi connectivity index (χ0v) is 12.0. The summed E-state index contributed by atoms with van der Waals surface area (Å²) < 4.78 is 25.8. The average molecular weight is 307 g/mol. The van der Waals surface area contributed by atoms with Crippen LogP contribution in [0.1, 0.15) is 6.92 Å². The molecule has 1 aromatic rings. The van der Waals surface area contributed by atoms with Crippen molar-refractivity contribution in [1.29, 1.82) is 0 Å². The molecule has 18 heavy (non-hydrogen) atoms. The van der Waals surface area contributed by atoms with Gasteiger partial charge in [0.05, 0.1) is 17.3 Å². The summed E-state index contributed by atoms with van der Waals surface area (Å²) in [4.78, 5) is -0.161. The molecule has 0 atom stereocenters. The van der Waals surface area contributed by atoms with Gasteiger partial charge in [-0.15, -0.1) is 6.42 Å². The summed E-state index contributed by atoms with van der Waals surface area (Å²) in [5.41, 5.74) is 5.67. The monoisotopic (exact) mass is 306 g/mol. The molecule has 0 fully saturated rings. The molecule has 0 aliphatic carbocycles. The van der Waals surface area contributed by atoms with E-state index in [1.807, 2.05) is 0 Å². The third-order valence-electron chi connectivity index (χ3n) is 2.26. The summed E-state index contributed by atoms with van der Waals surface area (Å²) in [6.45, 7) is 1.86. The van der Waals surface area contributed by atoms with Gasteiger partial charge < -0.3 is 5.73 Å². The Kier molecular flexibility index (Phi) is 4.88. The molecule has 0 heterocycles. The third kappa shape index (κ3) is 2.90. The number of nitrogens with zero attached hydrogens (tertiary/aromatic N) is 1. The first kappa shape index (κ1) is 15.1. The summed E-state index contributed by atoms with van der Waals surface area (Å²) in [6, 6.07) is 2.67. The van der Waals surface area contributed by atoms with Crippen molar-refractivity contribution >= 4 is 38.9 Å². The van der Waals surface area contributed by atoms with Crippen LogP contribution in [0.3, 0.4) is 0 Å². The molecule has 98 valence electrons. The average Bonchev–Trinajstić information content (AvgIpc) is 2.23. The molecule has 0 aromatic heterocycles. The van der Waals surface area contributed by atoms with E-state index >= 15 is 0 Å². The number of nitrogen functional groups attached to an aromatic ring is 1. The summed E-state index contributed by atoms with van der Waals surface area (Å²) in [7, 11) is -3.82. The maximum absolute atomic E-state index is 12.3. The number of hydrogen-bond acceptors (Lipinski definition) is 3. The van der Waals surface area contributed by atoms with E-state index in [2.05, 4.69) is 5.92 Å². The van der Waals surface area contributed by atoms with Gasteiger partial charge in [-0.1, -0.05) is 36.0 Å². The van der Waals surface area contributed by atoms with E-state index in [1.54, 1.807) is 6.92 Å². The third-order valence-corrected chi connectivity index (χ3v) is 4.92. The quantitative estimate of drug-likeness (QED) is 0.685. The van der Waals surface area contributed by atoms with Crippen LogP contribution >= 0.6 is 23.2 Å². The predicted octanol–water partition coefficient (Wildman–Crippen LogP) is 2.22. The van der Waals surface area contributed by atoms with Crippen molar-refractivity contribution in [1.82, 2.24) is 4.31 Å². The highest BCUT2D eigenvalue weighted by molar-refractivity contribution is 7.89. The first-order valence-corrected chi connectivity index (χ1v) is 7.22. The minimum absolute atomic E-state index is 0.00275. The van der Waals surface area contributed by atoms with Crippen molar-refractivity contribution in [2.75, 3.05) is 18.8 Å². The minimum atomic E-state index is -3.82. The van der Waals surface area contributed by atoms with Crippen molar-refractivity contribution in [3.63, 3.8) is 0 Å². The van der Waals surface area contributed by atoms with Crippen molar-refractivity contribution in [2.24, 2.45) is 0 Å². The number of rotatable bonds is 4. The van der Waals surface area contributed by atoms with E-state index in [-0.39, 0.29) is 33.7 Å². The molecule has 0 saturated heterocycles. The second kappa shape index (κ2) is 5.81. The van der Waals surface area contributed by atoms with Crippen LogP contribution in [-0.2, 0) is 10.0 Å². The Morgan fingerprint density at radius 1 is 1.44 bits per heavy atom.